The number of carbonyl (C=O) groups is 2. The highest BCUT2D eigenvalue weighted by Gasteiger charge is 2.32. The van der Waals surface area contributed by atoms with E-state index in [0.717, 1.165) is 11.3 Å². The number of nitrogens with zero attached hydrogens (tertiary/aromatic N) is 2. The highest BCUT2D eigenvalue weighted by molar-refractivity contribution is 5.93. The number of amides is 2. The van der Waals surface area contributed by atoms with Gasteiger partial charge in [0.05, 0.1) is 26.9 Å². The fourth-order valence-corrected chi connectivity index (χ4v) is 3.55. The number of morpholine rings is 1. The van der Waals surface area contributed by atoms with Crippen LogP contribution in [0.2, 0.25) is 0 Å². The Kier molecular flexibility index (Phi) is 7.82. The van der Waals surface area contributed by atoms with Gasteiger partial charge in [0.25, 0.3) is 0 Å². The lowest BCUT2D eigenvalue weighted by Gasteiger charge is -2.35. The fraction of sp³-hybridized carbons (Fsp3) is 0.391. The number of nitrogens with one attached hydrogen (secondary N) is 1. The maximum Gasteiger partial charge on any atom is 0.244 e. The third-order valence-electron chi connectivity index (χ3n) is 5.16. The third-order valence-corrected chi connectivity index (χ3v) is 5.16. The van der Waals surface area contributed by atoms with E-state index in [-0.39, 0.29) is 18.4 Å². The lowest BCUT2D eigenvalue weighted by molar-refractivity contribution is -0.141. The molecule has 0 spiro atoms. The molecule has 3 rings (SSSR count). The largest absolute Gasteiger partial charge is 0.497 e. The first kappa shape index (κ1) is 21.8. The number of carbonyl (C=O) groups excluding carboxylic acids is 2. The second kappa shape index (κ2) is 10.8. The molecule has 30 heavy (non-hydrogen) atoms. The summed E-state index contributed by atoms with van der Waals surface area (Å²) >= 11 is 0. The Hall–Kier alpha value is -2.90. The van der Waals surface area contributed by atoms with E-state index in [1.165, 1.54) is 0 Å². The smallest absolute Gasteiger partial charge is 0.244 e. The van der Waals surface area contributed by atoms with Gasteiger partial charge in [-0.15, -0.1) is 0 Å². The van der Waals surface area contributed by atoms with E-state index in [4.69, 9.17) is 9.47 Å². The molecule has 2 aromatic carbocycles. The van der Waals surface area contributed by atoms with E-state index in [2.05, 4.69) is 5.32 Å². The van der Waals surface area contributed by atoms with Gasteiger partial charge in [-0.1, -0.05) is 37.3 Å². The average molecular weight is 412 g/mol. The number of hydrogen-bond donors (Lipinski definition) is 1. The van der Waals surface area contributed by atoms with E-state index < -0.39 is 6.04 Å². The second-order valence-corrected chi connectivity index (χ2v) is 7.09. The van der Waals surface area contributed by atoms with Crippen LogP contribution in [0.5, 0.6) is 5.75 Å². The van der Waals surface area contributed by atoms with Gasteiger partial charge in [-0.2, -0.15) is 0 Å². The lowest BCUT2D eigenvalue weighted by Crippen LogP contribution is -2.48. The molecule has 0 aliphatic carbocycles. The first-order valence-corrected chi connectivity index (χ1v) is 10.2. The Bertz CT molecular complexity index is 820. The quantitative estimate of drug-likeness (QED) is 0.723. The van der Waals surface area contributed by atoms with Crippen LogP contribution in [0.4, 0.5) is 5.69 Å². The topological polar surface area (TPSA) is 71.1 Å². The Balaban J connectivity index is 1.75. The summed E-state index contributed by atoms with van der Waals surface area (Å²) in [5.41, 5.74) is 1.57. The van der Waals surface area contributed by atoms with Gasteiger partial charge in [-0.05, 0) is 36.4 Å². The van der Waals surface area contributed by atoms with Crippen LogP contribution in [-0.4, -0.2) is 68.1 Å². The fourth-order valence-electron chi connectivity index (χ4n) is 3.55. The molecule has 7 nitrogen and oxygen atoms in total. The normalized spacial score (nSPS) is 15.0. The molecule has 7 heteroatoms. The van der Waals surface area contributed by atoms with Crippen molar-refractivity contribution in [2.75, 3.05) is 51.8 Å². The van der Waals surface area contributed by atoms with E-state index in [9.17, 15) is 9.59 Å². The highest BCUT2D eigenvalue weighted by atomic mass is 16.5. The number of anilines is 1. The SMILES string of the molecule is CCN(CC(=O)Nc1ccc(OC)cc1)[C@H](C(=O)N1CCOCC1)c1ccccc1. The molecule has 1 aliphatic rings. The number of rotatable bonds is 8. The Labute approximate surface area is 177 Å². The van der Waals surface area contributed by atoms with E-state index in [1.54, 1.807) is 31.4 Å². The van der Waals surface area contributed by atoms with E-state index in [1.807, 2.05) is 47.1 Å². The molecule has 2 aromatic rings. The van der Waals surface area contributed by atoms with Gasteiger partial charge < -0.3 is 19.7 Å². The van der Waals surface area contributed by atoms with Crippen LogP contribution >= 0.6 is 0 Å². The predicted octanol–water partition coefficient (Wildman–Crippen LogP) is 2.56. The minimum Gasteiger partial charge on any atom is -0.497 e. The molecule has 0 aromatic heterocycles. The first-order valence-electron chi connectivity index (χ1n) is 10.2. The van der Waals surface area contributed by atoms with Gasteiger partial charge >= 0.3 is 0 Å². The molecule has 1 fully saturated rings. The molecular formula is C23H29N3O4. The maximum absolute atomic E-state index is 13.4. The molecular weight excluding hydrogens is 382 g/mol. The molecule has 1 heterocycles. The molecule has 0 saturated carbocycles. The molecule has 2 amide bonds. The molecule has 1 atom stereocenters. The van der Waals surface area contributed by atoms with Gasteiger partial charge in [0.2, 0.25) is 11.8 Å². The van der Waals surface area contributed by atoms with Crippen molar-refractivity contribution in [2.45, 2.75) is 13.0 Å². The molecule has 160 valence electrons. The Morgan fingerprint density at radius 1 is 1.10 bits per heavy atom. The van der Waals surface area contributed by atoms with Crippen LogP contribution in [0.25, 0.3) is 0 Å². The summed E-state index contributed by atoms with van der Waals surface area (Å²) in [6, 6.07) is 16.3. The molecule has 1 saturated heterocycles. The minimum absolute atomic E-state index is 0.00333. The van der Waals surface area contributed by atoms with Crippen LogP contribution in [-0.2, 0) is 14.3 Å². The monoisotopic (exact) mass is 411 g/mol. The Morgan fingerprint density at radius 2 is 1.77 bits per heavy atom. The van der Waals surface area contributed by atoms with Crippen molar-refractivity contribution in [3.05, 3.63) is 60.2 Å². The highest BCUT2D eigenvalue weighted by Crippen LogP contribution is 2.24. The molecule has 1 aliphatic heterocycles. The number of likely N-dealkylation sites (N-methyl/N-ethyl adjacent to an activating group) is 1. The van der Waals surface area contributed by atoms with Crippen molar-refractivity contribution >= 4 is 17.5 Å². The first-order chi connectivity index (χ1) is 14.6. The molecule has 1 N–H and O–H groups in total. The number of ether oxygens (including phenoxy) is 2. The summed E-state index contributed by atoms with van der Waals surface area (Å²) in [7, 11) is 1.60. The summed E-state index contributed by atoms with van der Waals surface area (Å²) in [6.07, 6.45) is 0. The number of methoxy groups -OCH3 is 1. The molecule has 0 bridgehead atoms. The van der Waals surface area contributed by atoms with Crippen LogP contribution in [0.15, 0.2) is 54.6 Å². The average Bonchev–Trinajstić information content (AvgIpc) is 2.80. The van der Waals surface area contributed by atoms with Crippen molar-refractivity contribution in [3.63, 3.8) is 0 Å². The number of hydrogen-bond acceptors (Lipinski definition) is 5. The van der Waals surface area contributed by atoms with Gasteiger partial charge in [0.1, 0.15) is 11.8 Å². The van der Waals surface area contributed by atoms with Crippen molar-refractivity contribution in [3.8, 4) is 5.75 Å². The molecule has 0 radical (unpaired) electrons. The van der Waals surface area contributed by atoms with Crippen LogP contribution in [0.1, 0.15) is 18.5 Å². The maximum atomic E-state index is 13.4. The van der Waals surface area contributed by atoms with Crippen LogP contribution < -0.4 is 10.1 Å². The molecule has 0 unspecified atom stereocenters. The summed E-state index contributed by atoms with van der Waals surface area (Å²) < 4.78 is 10.5. The van der Waals surface area contributed by atoms with Crippen molar-refractivity contribution in [1.29, 1.82) is 0 Å². The van der Waals surface area contributed by atoms with E-state index >= 15 is 0 Å². The minimum atomic E-state index is -0.518. The standard InChI is InChI=1S/C23H29N3O4/c1-3-25(17-21(27)24-19-9-11-20(29-2)12-10-19)22(18-7-5-4-6-8-18)23(28)26-13-15-30-16-14-26/h4-12,22H,3,13-17H2,1-2H3,(H,24,27)/t22-/m0/s1. The summed E-state index contributed by atoms with van der Waals surface area (Å²) in [5, 5.41) is 2.90. The zero-order valence-corrected chi connectivity index (χ0v) is 17.5. The lowest BCUT2D eigenvalue weighted by atomic mass is 10.0. The third kappa shape index (κ3) is 5.58. The predicted molar refractivity (Wildman–Crippen MR) is 115 cm³/mol. The summed E-state index contributed by atoms with van der Waals surface area (Å²) in [5.74, 6) is 0.560. The zero-order chi connectivity index (χ0) is 21.3. The van der Waals surface area contributed by atoms with Crippen molar-refractivity contribution in [1.82, 2.24) is 9.80 Å². The van der Waals surface area contributed by atoms with Crippen LogP contribution in [0.3, 0.4) is 0 Å². The summed E-state index contributed by atoms with van der Waals surface area (Å²) in [6.45, 7) is 4.84. The van der Waals surface area contributed by atoms with Crippen molar-refractivity contribution < 1.29 is 19.1 Å². The number of benzene rings is 2. The van der Waals surface area contributed by atoms with Gasteiger partial charge in [0, 0.05) is 18.8 Å². The van der Waals surface area contributed by atoms with Gasteiger partial charge in [-0.3, -0.25) is 14.5 Å². The van der Waals surface area contributed by atoms with Crippen LogP contribution in [0, 0.1) is 0 Å². The summed E-state index contributed by atoms with van der Waals surface area (Å²) in [4.78, 5) is 29.9. The second-order valence-electron chi connectivity index (χ2n) is 7.09. The van der Waals surface area contributed by atoms with Crippen molar-refractivity contribution in [2.24, 2.45) is 0 Å². The van der Waals surface area contributed by atoms with E-state index in [0.29, 0.717) is 38.5 Å². The van der Waals surface area contributed by atoms with Gasteiger partial charge in [-0.25, -0.2) is 0 Å². The Morgan fingerprint density at radius 3 is 2.37 bits per heavy atom. The van der Waals surface area contributed by atoms with Gasteiger partial charge in [0.15, 0.2) is 0 Å². The zero-order valence-electron chi connectivity index (χ0n) is 17.5.